The number of pyridine rings is 1. The summed E-state index contributed by atoms with van der Waals surface area (Å²) < 4.78 is 1.94. The summed E-state index contributed by atoms with van der Waals surface area (Å²) in [6, 6.07) is 9.97. The fourth-order valence-corrected chi connectivity index (χ4v) is 4.65. The third-order valence-electron chi connectivity index (χ3n) is 6.11. The van der Waals surface area contributed by atoms with E-state index in [4.69, 9.17) is 11.6 Å². The molecule has 1 aliphatic carbocycles. The van der Waals surface area contributed by atoms with E-state index in [0.29, 0.717) is 16.5 Å². The Morgan fingerprint density at radius 1 is 1.20 bits per heavy atom. The summed E-state index contributed by atoms with van der Waals surface area (Å²) in [4.78, 5) is 8.98. The van der Waals surface area contributed by atoms with Gasteiger partial charge in [-0.05, 0) is 48.6 Å². The van der Waals surface area contributed by atoms with Crippen LogP contribution >= 0.6 is 11.6 Å². The second-order valence-electron chi connectivity index (χ2n) is 8.34. The number of aromatic hydroxyl groups is 1. The first kappa shape index (κ1) is 19.2. The summed E-state index contributed by atoms with van der Waals surface area (Å²) in [6.45, 7) is 5.13. The zero-order valence-electron chi connectivity index (χ0n) is 16.8. The third-order valence-corrected chi connectivity index (χ3v) is 6.41. The zero-order valence-corrected chi connectivity index (χ0v) is 17.5. The molecule has 7 heteroatoms. The number of halogens is 1. The minimum absolute atomic E-state index is 0.283. The molecule has 1 aliphatic heterocycles. The number of anilines is 1. The third kappa shape index (κ3) is 3.71. The maximum atomic E-state index is 10.6. The largest absolute Gasteiger partial charge is 0.494 e. The second kappa shape index (κ2) is 7.82. The number of nitriles is 1. The van der Waals surface area contributed by atoms with Gasteiger partial charge in [0.2, 0.25) is 5.88 Å². The van der Waals surface area contributed by atoms with Gasteiger partial charge < -0.3 is 14.6 Å². The van der Waals surface area contributed by atoms with Gasteiger partial charge in [-0.25, -0.2) is 4.98 Å². The minimum atomic E-state index is 0.283. The van der Waals surface area contributed by atoms with Crippen LogP contribution in [0.4, 0.5) is 5.82 Å². The number of rotatable bonds is 5. The number of nitrogens with zero attached hydrogens (tertiary/aromatic N) is 5. The van der Waals surface area contributed by atoms with Crippen LogP contribution in [0.5, 0.6) is 5.88 Å². The van der Waals surface area contributed by atoms with Crippen molar-refractivity contribution in [3.63, 3.8) is 0 Å². The molecule has 6 nitrogen and oxygen atoms in total. The molecule has 2 fully saturated rings. The maximum Gasteiger partial charge on any atom is 0.200 e. The van der Waals surface area contributed by atoms with Crippen LogP contribution in [0.2, 0.25) is 5.02 Å². The van der Waals surface area contributed by atoms with E-state index in [1.54, 1.807) is 12.3 Å². The SMILES string of the molecule is N#Cc1cccnc1N1CCN(Cc2cc(Cl)c3c(O)n(CC4CC4)cc3c2)CC1. The first-order chi connectivity index (χ1) is 14.6. The molecule has 0 amide bonds. The molecule has 30 heavy (non-hydrogen) atoms. The molecule has 0 unspecified atom stereocenters. The average molecular weight is 422 g/mol. The predicted octanol–water partition coefficient (Wildman–Crippen LogP) is 4.00. The molecule has 3 aromatic rings. The molecule has 0 radical (unpaired) electrons. The first-order valence-electron chi connectivity index (χ1n) is 10.4. The normalized spacial score (nSPS) is 17.4. The van der Waals surface area contributed by atoms with Gasteiger partial charge in [0.05, 0.1) is 16.0 Å². The molecule has 2 aliphatic rings. The highest BCUT2D eigenvalue weighted by molar-refractivity contribution is 6.36. The van der Waals surface area contributed by atoms with Gasteiger partial charge in [0.25, 0.3) is 0 Å². The van der Waals surface area contributed by atoms with Crippen molar-refractivity contribution in [2.24, 2.45) is 5.92 Å². The van der Waals surface area contributed by atoms with Gasteiger partial charge in [-0.3, -0.25) is 4.90 Å². The molecule has 5 rings (SSSR count). The molecule has 0 bridgehead atoms. The fraction of sp³-hybridized carbons (Fsp3) is 0.391. The molecule has 1 aromatic carbocycles. The van der Waals surface area contributed by atoms with Crippen LogP contribution in [0.1, 0.15) is 24.0 Å². The second-order valence-corrected chi connectivity index (χ2v) is 8.75. The Kier molecular flexibility index (Phi) is 5.01. The summed E-state index contributed by atoms with van der Waals surface area (Å²) >= 11 is 6.55. The Hall–Kier alpha value is -2.75. The Morgan fingerprint density at radius 2 is 2.00 bits per heavy atom. The smallest absolute Gasteiger partial charge is 0.200 e. The van der Waals surface area contributed by atoms with E-state index in [2.05, 4.69) is 26.9 Å². The van der Waals surface area contributed by atoms with Crippen LogP contribution in [0.15, 0.2) is 36.7 Å². The lowest BCUT2D eigenvalue weighted by Gasteiger charge is -2.35. The lowest BCUT2D eigenvalue weighted by Crippen LogP contribution is -2.46. The van der Waals surface area contributed by atoms with Crippen LogP contribution in [0, 0.1) is 17.2 Å². The van der Waals surface area contributed by atoms with E-state index in [9.17, 15) is 10.4 Å². The van der Waals surface area contributed by atoms with E-state index < -0.39 is 0 Å². The van der Waals surface area contributed by atoms with Crippen LogP contribution in [0.25, 0.3) is 10.8 Å². The van der Waals surface area contributed by atoms with Crippen molar-refractivity contribution in [1.29, 1.82) is 5.26 Å². The van der Waals surface area contributed by atoms with Crippen molar-refractivity contribution in [2.75, 3.05) is 31.1 Å². The van der Waals surface area contributed by atoms with Gasteiger partial charge in [0, 0.05) is 57.0 Å². The zero-order chi connectivity index (χ0) is 20.7. The van der Waals surface area contributed by atoms with Crippen LogP contribution in [-0.4, -0.2) is 45.7 Å². The van der Waals surface area contributed by atoms with Crippen molar-refractivity contribution >= 4 is 28.2 Å². The summed E-state index contributed by atoms with van der Waals surface area (Å²) in [5.41, 5.74) is 1.78. The summed E-state index contributed by atoms with van der Waals surface area (Å²) in [6.07, 6.45) is 6.26. The lowest BCUT2D eigenvalue weighted by molar-refractivity contribution is 0.249. The summed E-state index contributed by atoms with van der Waals surface area (Å²) in [7, 11) is 0. The summed E-state index contributed by atoms with van der Waals surface area (Å²) in [5, 5.41) is 22.3. The Balaban J connectivity index is 1.29. The Bertz CT molecular complexity index is 1120. The van der Waals surface area contributed by atoms with Gasteiger partial charge in [0.1, 0.15) is 11.9 Å². The summed E-state index contributed by atoms with van der Waals surface area (Å²) in [5.74, 6) is 1.75. The molecule has 1 saturated carbocycles. The number of fused-ring (bicyclic) bond motifs is 1. The first-order valence-corrected chi connectivity index (χ1v) is 10.8. The van der Waals surface area contributed by atoms with E-state index in [-0.39, 0.29) is 5.88 Å². The van der Waals surface area contributed by atoms with Crippen LogP contribution in [0.3, 0.4) is 0 Å². The minimum Gasteiger partial charge on any atom is -0.494 e. The molecule has 0 atom stereocenters. The van der Waals surface area contributed by atoms with Crippen molar-refractivity contribution < 1.29 is 5.11 Å². The van der Waals surface area contributed by atoms with E-state index >= 15 is 0 Å². The van der Waals surface area contributed by atoms with E-state index in [1.165, 1.54) is 12.8 Å². The van der Waals surface area contributed by atoms with E-state index in [0.717, 1.165) is 61.4 Å². The highest BCUT2D eigenvalue weighted by atomic mass is 35.5. The number of hydrogen-bond acceptors (Lipinski definition) is 5. The topological polar surface area (TPSA) is 68.3 Å². The van der Waals surface area contributed by atoms with Crippen molar-refractivity contribution in [3.8, 4) is 11.9 Å². The molecule has 1 N–H and O–H groups in total. The van der Waals surface area contributed by atoms with Crippen molar-refractivity contribution in [3.05, 3.63) is 52.8 Å². The van der Waals surface area contributed by atoms with Crippen molar-refractivity contribution in [2.45, 2.75) is 25.9 Å². The standard InChI is InChI=1S/C23H24ClN5O/c24-20-11-17(10-19-15-29(14-16-3-4-16)23(30)21(19)20)13-27-6-8-28(9-7-27)22-18(12-25)2-1-5-26-22/h1-2,5,10-11,15-16,30H,3-4,6-9,13-14H2. The van der Waals surface area contributed by atoms with Gasteiger partial charge in [-0.1, -0.05) is 11.6 Å². The number of aromatic nitrogens is 2. The Morgan fingerprint density at radius 3 is 2.73 bits per heavy atom. The van der Waals surface area contributed by atoms with Gasteiger partial charge in [-0.2, -0.15) is 5.26 Å². The molecule has 3 heterocycles. The quantitative estimate of drug-likeness (QED) is 0.674. The maximum absolute atomic E-state index is 10.6. The highest BCUT2D eigenvalue weighted by Gasteiger charge is 2.24. The van der Waals surface area contributed by atoms with Crippen molar-refractivity contribution in [1.82, 2.24) is 14.5 Å². The Labute approximate surface area is 180 Å². The van der Waals surface area contributed by atoms with E-state index in [1.807, 2.05) is 22.9 Å². The molecular formula is C23H24ClN5O. The van der Waals surface area contributed by atoms with Crippen LogP contribution < -0.4 is 4.90 Å². The number of benzene rings is 1. The molecule has 154 valence electrons. The number of hydrogen-bond donors (Lipinski definition) is 1. The molecule has 2 aromatic heterocycles. The number of piperazine rings is 1. The predicted molar refractivity (Wildman–Crippen MR) is 118 cm³/mol. The van der Waals surface area contributed by atoms with Gasteiger partial charge >= 0.3 is 0 Å². The van der Waals surface area contributed by atoms with Gasteiger partial charge in [-0.15, -0.1) is 0 Å². The van der Waals surface area contributed by atoms with Gasteiger partial charge in [0.15, 0.2) is 0 Å². The fourth-order valence-electron chi connectivity index (χ4n) is 4.32. The molecule has 0 spiro atoms. The lowest BCUT2D eigenvalue weighted by atomic mass is 10.1. The monoisotopic (exact) mass is 421 g/mol. The molecule has 1 saturated heterocycles. The average Bonchev–Trinajstić information content (AvgIpc) is 3.51. The highest BCUT2D eigenvalue weighted by Crippen LogP contribution is 2.38. The molecular weight excluding hydrogens is 398 g/mol. The van der Waals surface area contributed by atoms with Crippen LogP contribution in [-0.2, 0) is 13.1 Å².